The van der Waals surface area contributed by atoms with Gasteiger partial charge in [0.2, 0.25) is 5.91 Å². The summed E-state index contributed by atoms with van der Waals surface area (Å²) < 4.78 is 11.8. The fourth-order valence-corrected chi connectivity index (χ4v) is 6.58. The number of carboxylic acid groups (broad SMARTS) is 1. The minimum atomic E-state index is -1.20. The average Bonchev–Trinajstić information content (AvgIpc) is 3.68. The summed E-state index contributed by atoms with van der Waals surface area (Å²) in [6.07, 6.45) is 0.468. The molecule has 3 aliphatic rings. The van der Waals surface area contributed by atoms with Crippen LogP contribution in [0.4, 0.5) is 4.79 Å². The molecule has 1 aliphatic heterocycles. The number of likely N-dealkylation sites (tertiary alicyclic amines) is 1. The average molecular weight is 555 g/mol. The van der Waals surface area contributed by atoms with Crippen LogP contribution < -0.4 is 5.32 Å². The van der Waals surface area contributed by atoms with Crippen molar-refractivity contribution in [1.29, 1.82) is 0 Å². The number of carbonyl (C=O) groups excluding carboxylic acids is 2. The van der Waals surface area contributed by atoms with Crippen molar-refractivity contribution in [1.82, 2.24) is 10.2 Å². The first-order chi connectivity index (χ1) is 19.9. The third-order valence-corrected chi connectivity index (χ3v) is 8.83. The molecule has 212 valence electrons. The van der Waals surface area contributed by atoms with Crippen LogP contribution in [0.1, 0.15) is 48.8 Å². The summed E-state index contributed by atoms with van der Waals surface area (Å²) in [7, 11) is 0. The number of hydrogen-bond acceptors (Lipinski definition) is 5. The lowest BCUT2D eigenvalue weighted by molar-refractivity contribution is -0.157. The van der Waals surface area contributed by atoms with Crippen molar-refractivity contribution in [3.05, 3.63) is 95.6 Å². The number of aliphatic carboxylic acids is 1. The van der Waals surface area contributed by atoms with Gasteiger partial charge in [0.1, 0.15) is 18.2 Å². The SMILES string of the molecule is C[C@H](OCc1ccccc1)[C@@H](NC(=O)OCC1c2ccccc2-c2ccccc21)C(=O)N1CCC[C@H]2C[C@]21C(=O)O. The zero-order valence-electron chi connectivity index (χ0n) is 23.0. The molecule has 4 atom stereocenters. The first-order valence-electron chi connectivity index (χ1n) is 14.2. The lowest BCUT2D eigenvalue weighted by Gasteiger charge is -2.37. The molecule has 8 heteroatoms. The standard InChI is InChI=1S/C33H34N2O6/c1-21(40-19-22-10-3-2-4-11-22)29(30(36)35-17-9-12-23-18-33(23,35)31(37)38)34-32(39)41-20-28-26-15-7-5-13-24(26)25-14-6-8-16-27(25)28/h2-8,10-11,13-16,21,23,28-29H,9,12,17-20H2,1H3,(H,34,39)(H,37,38)/t21-,23-,29+,33+/m0/s1. The Bertz CT molecular complexity index is 1410. The predicted molar refractivity (Wildman–Crippen MR) is 152 cm³/mol. The van der Waals surface area contributed by atoms with Crippen molar-refractivity contribution < 1.29 is 29.0 Å². The molecule has 1 saturated carbocycles. The number of ether oxygens (including phenoxy) is 2. The Hall–Kier alpha value is -4.17. The first-order valence-corrected chi connectivity index (χ1v) is 14.2. The monoisotopic (exact) mass is 554 g/mol. The quantitative estimate of drug-likeness (QED) is 0.387. The zero-order chi connectivity index (χ0) is 28.6. The molecule has 41 heavy (non-hydrogen) atoms. The van der Waals surface area contributed by atoms with Crippen LogP contribution in [-0.4, -0.2) is 58.8 Å². The summed E-state index contributed by atoms with van der Waals surface area (Å²) in [5.41, 5.74) is 4.15. The van der Waals surface area contributed by atoms with Gasteiger partial charge in [-0.15, -0.1) is 0 Å². The molecule has 0 spiro atoms. The van der Waals surface area contributed by atoms with Crippen molar-refractivity contribution in [2.45, 2.75) is 56.4 Å². The van der Waals surface area contributed by atoms with Gasteiger partial charge >= 0.3 is 12.1 Å². The fraction of sp³-hybridized carbons (Fsp3) is 0.364. The number of alkyl carbamates (subject to hydrolysis) is 1. The van der Waals surface area contributed by atoms with Crippen molar-refractivity contribution >= 4 is 18.0 Å². The summed E-state index contributed by atoms with van der Waals surface area (Å²) in [5, 5.41) is 12.8. The molecule has 0 radical (unpaired) electrons. The number of carbonyl (C=O) groups is 3. The molecule has 0 aromatic heterocycles. The molecule has 1 heterocycles. The molecule has 6 rings (SSSR count). The van der Waals surface area contributed by atoms with Crippen molar-refractivity contribution in [2.75, 3.05) is 13.2 Å². The van der Waals surface area contributed by atoms with Crippen molar-refractivity contribution in [3.63, 3.8) is 0 Å². The largest absolute Gasteiger partial charge is 0.479 e. The number of nitrogens with zero attached hydrogens (tertiary/aromatic N) is 1. The van der Waals surface area contributed by atoms with E-state index in [0.29, 0.717) is 13.0 Å². The second kappa shape index (κ2) is 11.0. The molecule has 1 saturated heterocycles. The number of hydrogen-bond donors (Lipinski definition) is 2. The maximum absolute atomic E-state index is 13.9. The Morgan fingerprint density at radius 2 is 1.61 bits per heavy atom. The number of nitrogens with one attached hydrogen (secondary N) is 1. The van der Waals surface area contributed by atoms with Crippen molar-refractivity contribution in [3.8, 4) is 11.1 Å². The van der Waals surface area contributed by atoms with E-state index in [1.165, 1.54) is 4.90 Å². The Kier molecular flexibility index (Phi) is 7.26. The highest BCUT2D eigenvalue weighted by atomic mass is 16.5. The van der Waals surface area contributed by atoms with E-state index in [-0.39, 0.29) is 25.0 Å². The number of carboxylic acids is 1. The van der Waals surface area contributed by atoms with Gasteiger partial charge in [0.15, 0.2) is 0 Å². The molecule has 2 N–H and O–H groups in total. The molecule has 8 nitrogen and oxygen atoms in total. The summed E-state index contributed by atoms with van der Waals surface area (Å²) in [6, 6.07) is 24.6. The van der Waals surface area contributed by atoms with E-state index in [2.05, 4.69) is 17.4 Å². The van der Waals surface area contributed by atoms with Gasteiger partial charge in [0.05, 0.1) is 12.7 Å². The van der Waals surface area contributed by atoms with E-state index in [0.717, 1.165) is 40.7 Å². The molecule has 3 aromatic carbocycles. The van der Waals surface area contributed by atoms with E-state index in [4.69, 9.17) is 9.47 Å². The number of amides is 2. The predicted octanol–water partition coefficient (Wildman–Crippen LogP) is 4.96. The first kappa shape index (κ1) is 27.0. The number of piperidine rings is 1. The third kappa shape index (κ3) is 4.97. The Morgan fingerprint density at radius 3 is 2.27 bits per heavy atom. The molecular formula is C33H34N2O6. The molecule has 2 aliphatic carbocycles. The molecule has 0 unspecified atom stereocenters. The number of rotatable bonds is 9. The highest BCUT2D eigenvalue weighted by Gasteiger charge is 2.67. The summed E-state index contributed by atoms with van der Waals surface area (Å²) in [6.45, 7) is 2.39. The molecule has 0 bridgehead atoms. The maximum Gasteiger partial charge on any atom is 0.407 e. The number of benzene rings is 3. The van der Waals surface area contributed by atoms with Gasteiger partial charge in [0, 0.05) is 12.5 Å². The van der Waals surface area contributed by atoms with Gasteiger partial charge in [-0.2, -0.15) is 0 Å². The lowest BCUT2D eigenvalue weighted by Crippen LogP contribution is -2.60. The van der Waals surface area contributed by atoms with Crippen LogP contribution in [0.15, 0.2) is 78.9 Å². The highest BCUT2D eigenvalue weighted by molar-refractivity contribution is 5.94. The van der Waals surface area contributed by atoms with Gasteiger partial charge in [-0.05, 0) is 59.9 Å². The van der Waals surface area contributed by atoms with Crippen LogP contribution >= 0.6 is 0 Å². The normalized spacial score (nSPS) is 22.1. The van der Waals surface area contributed by atoms with Gasteiger partial charge in [-0.25, -0.2) is 9.59 Å². The third-order valence-electron chi connectivity index (χ3n) is 8.83. The van der Waals surface area contributed by atoms with Crippen molar-refractivity contribution in [2.24, 2.45) is 5.92 Å². The van der Waals surface area contributed by atoms with E-state index in [1.54, 1.807) is 6.92 Å². The molecule has 2 fully saturated rings. The summed E-state index contributed by atoms with van der Waals surface area (Å²) in [4.78, 5) is 40.9. The van der Waals surface area contributed by atoms with Crippen LogP contribution in [0.5, 0.6) is 0 Å². The highest BCUT2D eigenvalue weighted by Crippen LogP contribution is 2.54. The minimum Gasteiger partial charge on any atom is -0.479 e. The van der Waals surface area contributed by atoms with Crippen LogP contribution in [0.3, 0.4) is 0 Å². The van der Waals surface area contributed by atoms with E-state index >= 15 is 0 Å². The van der Waals surface area contributed by atoms with E-state index in [1.807, 2.05) is 66.7 Å². The second-order valence-corrected chi connectivity index (χ2v) is 11.2. The second-order valence-electron chi connectivity index (χ2n) is 11.2. The van der Waals surface area contributed by atoms with Crippen LogP contribution in [0, 0.1) is 5.92 Å². The molecular weight excluding hydrogens is 520 g/mol. The minimum absolute atomic E-state index is 0.0617. The molecule has 2 amide bonds. The van der Waals surface area contributed by atoms with Gasteiger partial charge in [-0.1, -0.05) is 78.9 Å². The van der Waals surface area contributed by atoms with Gasteiger partial charge in [-0.3, -0.25) is 4.79 Å². The smallest absolute Gasteiger partial charge is 0.407 e. The van der Waals surface area contributed by atoms with Crippen LogP contribution in [-0.2, 0) is 25.7 Å². The summed E-state index contributed by atoms with van der Waals surface area (Å²) in [5.74, 6) is -1.64. The molecule has 3 aromatic rings. The fourth-order valence-electron chi connectivity index (χ4n) is 6.58. The zero-order valence-corrected chi connectivity index (χ0v) is 23.0. The van der Waals surface area contributed by atoms with Gasteiger partial charge < -0.3 is 24.8 Å². The van der Waals surface area contributed by atoms with E-state index in [9.17, 15) is 19.5 Å². The summed E-state index contributed by atoms with van der Waals surface area (Å²) >= 11 is 0. The van der Waals surface area contributed by atoms with Gasteiger partial charge in [0.25, 0.3) is 0 Å². The lowest BCUT2D eigenvalue weighted by atomic mass is 9.98. The Labute approximate surface area is 239 Å². The Morgan fingerprint density at radius 1 is 0.976 bits per heavy atom. The number of fused-ring (bicyclic) bond motifs is 4. The van der Waals surface area contributed by atoms with Crippen LogP contribution in [0.25, 0.3) is 11.1 Å². The maximum atomic E-state index is 13.9. The van der Waals surface area contributed by atoms with E-state index < -0.39 is 35.7 Å². The Balaban J connectivity index is 1.19. The topological polar surface area (TPSA) is 105 Å². The van der Waals surface area contributed by atoms with Crippen LogP contribution in [0.2, 0.25) is 0 Å².